The minimum Gasteiger partial charge on any atom is -0.411 e. The molecule has 26 heavy (non-hydrogen) atoms. The van der Waals surface area contributed by atoms with Crippen molar-refractivity contribution in [1.29, 1.82) is 0 Å². The maximum atomic E-state index is 12.2. The van der Waals surface area contributed by atoms with Gasteiger partial charge in [-0.05, 0) is 37.6 Å². The Balaban J connectivity index is 1.62. The lowest BCUT2D eigenvalue weighted by molar-refractivity contribution is 0.466. The van der Waals surface area contributed by atoms with Crippen LogP contribution in [0.25, 0.3) is 11.5 Å². The van der Waals surface area contributed by atoms with Crippen LogP contribution in [0.3, 0.4) is 0 Å². The van der Waals surface area contributed by atoms with Crippen molar-refractivity contribution in [2.45, 2.75) is 24.0 Å². The van der Waals surface area contributed by atoms with Crippen molar-refractivity contribution < 1.29 is 12.8 Å². The van der Waals surface area contributed by atoms with Gasteiger partial charge in [0.1, 0.15) is 0 Å². The Morgan fingerprint density at radius 1 is 1.04 bits per heavy atom. The highest BCUT2D eigenvalue weighted by Crippen LogP contribution is 2.25. The molecule has 1 aromatic heterocycles. The van der Waals surface area contributed by atoms with Crippen LogP contribution >= 0.6 is 11.8 Å². The topological polar surface area (TPSA) is 73.1 Å². The van der Waals surface area contributed by atoms with Gasteiger partial charge < -0.3 is 4.42 Å². The molecule has 0 bridgehead atoms. The van der Waals surface area contributed by atoms with E-state index in [0.717, 1.165) is 16.7 Å². The summed E-state index contributed by atoms with van der Waals surface area (Å²) < 4.78 is 30.1. The minimum absolute atomic E-state index is 0.281. The molecule has 0 N–H and O–H groups in total. The van der Waals surface area contributed by atoms with E-state index in [2.05, 4.69) is 10.2 Å². The van der Waals surface area contributed by atoms with Gasteiger partial charge in [0.15, 0.2) is 9.84 Å². The predicted molar refractivity (Wildman–Crippen MR) is 103 cm³/mol. The molecule has 3 aromatic rings. The molecule has 7 heteroatoms. The van der Waals surface area contributed by atoms with E-state index in [-0.39, 0.29) is 4.90 Å². The second-order valence-corrected chi connectivity index (χ2v) is 8.53. The van der Waals surface area contributed by atoms with E-state index in [1.807, 2.05) is 38.1 Å². The van der Waals surface area contributed by atoms with Crippen LogP contribution in [0.2, 0.25) is 0 Å². The van der Waals surface area contributed by atoms with Gasteiger partial charge in [-0.25, -0.2) is 8.42 Å². The summed E-state index contributed by atoms with van der Waals surface area (Å²) in [6.07, 6.45) is 1.58. The average molecular weight is 386 g/mol. The molecule has 2 aromatic carbocycles. The molecule has 0 aliphatic carbocycles. The highest BCUT2D eigenvalue weighted by molar-refractivity contribution is 7.99. The Hall–Kier alpha value is -2.38. The third-order valence-electron chi connectivity index (χ3n) is 3.71. The van der Waals surface area contributed by atoms with Crippen LogP contribution in [0.5, 0.6) is 0 Å². The first kappa shape index (κ1) is 18.4. The van der Waals surface area contributed by atoms with Crippen molar-refractivity contribution in [3.05, 3.63) is 71.1 Å². The van der Waals surface area contributed by atoms with Crippen LogP contribution in [0.15, 0.2) is 74.6 Å². The van der Waals surface area contributed by atoms with Crippen LogP contribution in [-0.2, 0) is 9.84 Å². The number of thioether (sulfide) groups is 1. The normalized spacial score (nSPS) is 11.9. The van der Waals surface area contributed by atoms with Crippen molar-refractivity contribution in [2.75, 3.05) is 5.75 Å². The fraction of sp³-hybridized carbons (Fsp3) is 0.158. The summed E-state index contributed by atoms with van der Waals surface area (Å²) in [7, 11) is -3.44. The van der Waals surface area contributed by atoms with Gasteiger partial charge in [0, 0.05) is 16.7 Å². The number of hydrogen-bond donors (Lipinski definition) is 0. The Morgan fingerprint density at radius 2 is 1.77 bits per heavy atom. The minimum atomic E-state index is -3.44. The smallest absolute Gasteiger partial charge is 0.277 e. The summed E-state index contributed by atoms with van der Waals surface area (Å²) in [4.78, 5) is 0.281. The molecule has 0 aliphatic heterocycles. The highest BCUT2D eigenvalue weighted by atomic mass is 32.2. The molecule has 0 spiro atoms. The second-order valence-electron chi connectivity index (χ2n) is 5.73. The zero-order chi connectivity index (χ0) is 18.6. The van der Waals surface area contributed by atoms with Crippen molar-refractivity contribution >= 4 is 21.6 Å². The van der Waals surface area contributed by atoms with Crippen LogP contribution in [0.4, 0.5) is 0 Å². The number of benzene rings is 2. The van der Waals surface area contributed by atoms with E-state index in [1.54, 1.807) is 30.3 Å². The Kier molecular flexibility index (Phi) is 5.58. The number of nitrogens with zero attached hydrogens (tertiary/aromatic N) is 2. The standard InChI is InChI=1S/C19H18N2O3S2/c1-14-8-10-16(11-9-14)26(22,23)13-5-12-25-19-21-20-18(24-19)17-7-4-3-6-15(17)2/h3-11,13H,12H2,1-2H3. The van der Waals surface area contributed by atoms with Crippen molar-refractivity contribution in [3.63, 3.8) is 0 Å². The first-order chi connectivity index (χ1) is 12.5. The molecule has 0 aliphatic rings. The Morgan fingerprint density at radius 3 is 2.50 bits per heavy atom. The van der Waals surface area contributed by atoms with Gasteiger partial charge in [0.05, 0.1) is 4.90 Å². The molecule has 0 radical (unpaired) electrons. The van der Waals surface area contributed by atoms with Crippen molar-refractivity contribution in [3.8, 4) is 11.5 Å². The Bertz CT molecular complexity index is 1020. The van der Waals surface area contributed by atoms with E-state index in [9.17, 15) is 8.42 Å². The summed E-state index contributed by atoms with van der Waals surface area (Å²) >= 11 is 1.29. The largest absolute Gasteiger partial charge is 0.411 e. The number of aryl methyl sites for hydroxylation is 2. The third kappa shape index (κ3) is 4.42. The highest BCUT2D eigenvalue weighted by Gasteiger charge is 2.11. The molecule has 0 saturated heterocycles. The molecule has 134 valence electrons. The van der Waals surface area contributed by atoms with E-state index in [1.165, 1.54) is 17.2 Å². The number of aromatic nitrogens is 2. The summed E-state index contributed by atoms with van der Waals surface area (Å²) in [6.45, 7) is 3.89. The van der Waals surface area contributed by atoms with Gasteiger partial charge in [-0.15, -0.1) is 10.2 Å². The first-order valence-corrected chi connectivity index (χ1v) is 10.5. The van der Waals surface area contributed by atoms with Gasteiger partial charge in [-0.3, -0.25) is 0 Å². The molecular formula is C19H18N2O3S2. The maximum Gasteiger partial charge on any atom is 0.277 e. The summed E-state index contributed by atoms with van der Waals surface area (Å²) in [5, 5.41) is 9.66. The SMILES string of the molecule is Cc1ccc(S(=O)(=O)C=CCSc2nnc(-c3ccccc3C)o2)cc1. The predicted octanol–water partition coefficient (Wildman–Crippen LogP) is 4.43. The third-order valence-corrected chi connectivity index (χ3v) is 5.96. The lowest BCUT2D eigenvalue weighted by Gasteiger charge is -1.99. The van der Waals surface area contributed by atoms with Gasteiger partial charge in [0.25, 0.3) is 5.22 Å². The average Bonchev–Trinajstić information content (AvgIpc) is 3.08. The number of rotatable bonds is 6. The molecular weight excluding hydrogens is 368 g/mol. The monoisotopic (exact) mass is 386 g/mol. The van der Waals surface area contributed by atoms with E-state index in [0.29, 0.717) is 16.9 Å². The lowest BCUT2D eigenvalue weighted by Crippen LogP contribution is -1.96. The molecule has 0 atom stereocenters. The van der Waals surface area contributed by atoms with Gasteiger partial charge in [0.2, 0.25) is 5.89 Å². The van der Waals surface area contributed by atoms with Gasteiger partial charge in [-0.1, -0.05) is 53.7 Å². The molecule has 3 rings (SSSR count). The zero-order valence-corrected chi connectivity index (χ0v) is 16.0. The number of sulfone groups is 1. The summed E-state index contributed by atoms with van der Waals surface area (Å²) in [5.41, 5.74) is 2.96. The van der Waals surface area contributed by atoms with Crippen LogP contribution in [0.1, 0.15) is 11.1 Å². The fourth-order valence-electron chi connectivity index (χ4n) is 2.28. The van der Waals surface area contributed by atoms with E-state index < -0.39 is 9.84 Å². The Labute approximate surface area is 157 Å². The van der Waals surface area contributed by atoms with Crippen molar-refractivity contribution in [1.82, 2.24) is 10.2 Å². The van der Waals surface area contributed by atoms with E-state index >= 15 is 0 Å². The fourth-order valence-corrected chi connectivity index (χ4v) is 4.00. The maximum absolute atomic E-state index is 12.2. The molecule has 0 saturated carbocycles. The van der Waals surface area contributed by atoms with Crippen LogP contribution in [-0.4, -0.2) is 24.4 Å². The summed E-state index contributed by atoms with van der Waals surface area (Å²) in [6, 6.07) is 14.5. The lowest BCUT2D eigenvalue weighted by atomic mass is 10.1. The second kappa shape index (κ2) is 7.88. The van der Waals surface area contributed by atoms with Crippen molar-refractivity contribution in [2.24, 2.45) is 0 Å². The molecule has 0 fully saturated rings. The van der Waals surface area contributed by atoms with E-state index in [4.69, 9.17) is 4.42 Å². The molecule has 0 unspecified atom stereocenters. The van der Waals surface area contributed by atoms with Gasteiger partial charge >= 0.3 is 0 Å². The molecule has 1 heterocycles. The molecule has 5 nitrogen and oxygen atoms in total. The first-order valence-electron chi connectivity index (χ1n) is 7.96. The quantitative estimate of drug-likeness (QED) is 0.584. The zero-order valence-electron chi connectivity index (χ0n) is 14.4. The van der Waals surface area contributed by atoms with Gasteiger partial charge in [-0.2, -0.15) is 0 Å². The van der Waals surface area contributed by atoms with Crippen LogP contribution in [0, 0.1) is 13.8 Å². The summed E-state index contributed by atoms with van der Waals surface area (Å²) in [5.74, 6) is 0.877. The molecule has 0 amide bonds. The number of hydrogen-bond acceptors (Lipinski definition) is 6. The van der Waals surface area contributed by atoms with Crippen LogP contribution < -0.4 is 0 Å².